The zero-order valence-corrected chi connectivity index (χ0v) is 23.8. The van der Waals surface area contributed by atoms with Crippen molar-refractivity contribution in [3.8, 4) is 28.3 Å². The molecule has 3 rings (SSSR count). The molecule has 0 amide bonds. The second kappa shape index (κ2) is 17.0. The first kappa shape index (κ1) is 29.8. The van der Waals surface area contributed by atoms with Crippen molar-refractivity contribution in [2.24, 2.45) is 5.92 Å². The molecule has 0 saturated carbocycles. The van der Waals surface area contributed by atoms with Crippen molar-refractivity contribution in [3.05, 3.63) is 66.5 Å². The van der Waals surface area contributed by atoms with E-state index >= 15 is 0 Å². The number of rotatable bonds is 18. The van der Waals surface area contributed by atoms with Crippen LogP contribution in [0.2, 0.25) is 0 Å². The van der Waals surface area contributed by atoms with Crippen LogP contribution in [0, 0.1) is 5.92 Å². The van der Waals surface area contributed by atoms with Crippen LogP contribution in [-0.2, 0) is 6.42 Å². The number of ether oxygens (including phenoxy) is 1. The highest BCUT2D eigenvalue weighted by atomic mass is 19.1. The molecule has 2 atom stereocenters. The largest absolute Gasteiger partial charge is 0.491 e. The van der Waals surface area contributed by atoms with Crippen molar-refractivity contribution in [1.29, 1.82) is 0 Å². The number of aromatic nitrogens is 2. The summed E-state index contributed by atoms with van der Waals surface area (Å²) >= 11 is 0. The van der Waals surface area contributed by atoms with E-state index in [1.807, 2.05) is 50.5 Å². The van der Waals surface area contributed by atoms with Gasteiger partial charge in [-0.25, -0.2) is 14.4 Å². The summed E-state index contributed by atoms with van der Waals surface area (Å²) in [4.78, 5) is 9.16. The molecule has 1 aromatic heterocycles. The Hall–Kier alpha value is -2.75. The van der Waals surface area contributed by atoms with Gasteiger partial charge in [0.2, 0.25) is 0 Å². The van der Waals surface area contributed by atoms with Crippen LogP contribution in [0.1, 0.15) is 97.0 Å². The van der Waals surface area contributed by atoms with Crippen LogP contribution in [0.5, 0.6) is 5.75 Å². The number of nitrogens with zero attached hydrogens (tertiary/aromatic N) is 2. The van der Waals surface area contributed by atoms with Gasteiger partial charge >= 0.3 is 0 Å². The Morgan fingerprint density at radius 1 is 0.684 bits per heavy atom. The van der Waals surface area contributed by atoms with Gasteiger partial charge in [0, 0.05) is 23.5 Å². The fraction of sp³-hybridized carbons (Fsp3) is 0.529. The first-order chi connectivity index (χ1) is 18.6. The van der Waals surface area contributed by atoms with Gasteiger partial charge in [0.25, 0.3) is 0 Å². The molecule has 3 aromatic rings. The lowest BCUT2D eigenvalue weighted by atomic mass is 10.0. The van der Waals surface area contributed by atoms with Gasteiger partial charge in [-0.1, -0.05) is 109 Å². The molecule has 0 spiro atoms. The number of hydrogen-bond donors (Lipinski definition) is 0. The lowest BCUT2D eigenvalue weighted by molar-refractivity contribution is 0.145. The maximum Gasteiger partial charge on any atom is 0.159 e. The van der Waals surface area contributed by atoms with Gasteiger partial charge in [0.05, 0.1) is 0 Å². The summed E-state index contributed by atoms with van der Waals surface area (Å²) in [5.41, 5.74) is 4.46. The van der Waals surface area contributed by atoms with Crippen molar-refractivity contribution >= 4 is 0 Å². The second-order valence-corrected chi connectivity index (χ2v) is 10.7. The average Bonchev–Trinajstić information content (AvgIpc) is 2.97. The molecule has 0 saturated heterocycles. The summed E-state index contributed by atoms with van der Waals surface area (Å²) in [5.74, 6) is 1.33. The topological polar surface area (TPSA) is 35.0 Å². The molecule has 2 aromatic carbocycles. The van der Waals surface area contributed by atoms with Crippen molar-refractivity contribution < 1.29 is 9.13 Å². The molecule has 0 aliphatic rings. The zero-order chi connectivity index (χ0) is 27.0. The average molecular weight is 519 g/mol. The van der Waals surface area contributed by atoms with Gasteiger partial charge in [0.15, 0.2) is 5.82 Å². The molecule has 0 bridgehead atoms. The van der Waals surface area contributed by atoms with Crippen LogP contribution in [0.25, 0.3) is 22.5 Å². The van der Waals surface area contributed by atoms with Crippen LogP contribution in [0.3, 0.4) is 0 Å². The Morgan fingerprint density at radius 3 is 1.82 bits per heavy atom. The van der Waals surface area contributed by atoms with Gasteiger partial charge in [-0.3, -0.25) is 0 Å². The molecule has 2 unspecified atom stereocenters. The van der Waals surface area contributed by atoms with Crippen LogP contribution < -0.4 is 4.74 Å². The van der Waals surface area contributed by atoms with Crippen molar-refractivity contribution in [2.45, 2.75) is 104 Å². The molecule has 0 aliphatic carbocycles. The van der Waals surface area contributed by atoms with E-state index in [-0.39, 0.29) is 12.5 Å². The van der Waals surface area contributed by atoms with Crippen molar-refractivity contribution in [3.63, 3.8) is 0 Å². The Bertz CT molecular complexity index is 1020. The van der Waals surface area contributed by atoms with Crippen molar-refractivity contribution in [1.82, 2.24) is 9.97 Å². The zero-order valence-electron chi connectivity index (χ0n) is 23.8. The molecular formula is C34H47FN2O. The van der Waals surface area contributed by atoms with Gasteiger partial charge in [-0.05, 0) is 54.2 Å². The van der Waals surface area contributed by atoms with E-state index < -0.39 is 6.17 Å². The molecule has 1 heterocycles. The van der Waals surface area contributed by atoms with E-state index in [9.17, 15) is 4.39 Å². The molecule has 3 nitrogen and oxygen atoms in total. The third kappa shape index (κ3) is 10.2. The molecule has 4 heteroatoms. The highest BCUT2D eigenvalue weighted by molar-refractivity contribution is 5.64. The summed E-state index contributed by atoms with van der Waals surface area (Å²) < 4.78 is 19.6. The summed E-state index contributed by atoms with van der Waals surface area (Å²) in [6, 6.07) is 16.4. The van der Waals surface area contributed by atoms with E-state index in [0.717, 1.165) is 29.5 Å². The van der Waals surface area contributed by atoms with Gasteiger partial charge < -0.3 is 4.74 Å². The normalized spacial score (nSPS) is 12.8. The van der Waals surface area contributed by atoms with E-state index in [1.165, 1.54) is 69.8 Å². The Kier molecular flexibility index (Phi) is 13.3. The van der Waals surface area contributed by atoms with E-state index in [0.29, 0.717) is 11.6 Å². The predicted octanol–water partition coefficient (Wildman–Crippen LogP) is 10.0. The van der Waals surface area contributed by atoms with Crippen LogP contribution in [0.15, 0.2) is 60.9 Å². The minimum absolute atomic E-state index is 0.00179. The smallest absolute Gasteiger partial charge is 0.159 e. The van der Waals surface area contributed by atoms with E-state index in [4.69, 9.17) is 4.74 Å². The quantitative estimate of drug-likeness (QED) is 0.157. The van der Waals surface area contributed by atoms with Gasteiger partial charge in [-0.15, -0.1) is 0 Å². The van der Waals surface area contributed by atoms with Crippen molar-refractivity contribution in [2.75, 3.05) is 6.61 Å². The summed E-state index contributed by atoms with van der Waals surface area (Å²) in [6.45, 7) is 6.26. The Morgan fingerprint density at radius 2 is 1.24 bits per heavy atom. The van der Waals surface area contributed by atoms with Gasteiger partial charge in [-0.2, -0.15) is 0 Å². The fourth-order valence-electron chi connectivity index (χ4n) is 4.60. The second-order valence-electron chi connectivity index (χ2n) is 10.7. The maximum atomic E-state index is 14.0. The van der Waals surface area contributed by atoms with Crippen LogP contribution in [0.4, 0.5) is 4.39 Å². The number of halogens is 1. The summed E-state index contributed by atoms with van der Waals surface area (Å²) in [7, 11) is 0. The summed E-state index contributed by atoms with van der Waals surface area (Å²) in [5, 5.41) is 0. The van der Waals surface area contributed by atoms with Crippen LogP contribution in [-0.4, -0.2) is 22.7 Å². The first-order valence-electron chi connectivity index (χ1n) is 14.9. The molecule has 206 valence electrons. The Labute approximate surface area is 230 Å². The van der Waals surface area contributed by atoms with E-state index in [1.54, 1.807) is 0 Å². The number of aryl methyl sites for hydroxylation is 1. The first-order valence-corrected chi connectivity index (χ1v) is 14.9. The number of benzene rings is 2. The third-order valence-corrected chi connectivity index (χ3v) is 7.54. The Balaban J connectivity index is 1.40. The van der Waals surface area contributed by atoms with Gasteiger partial charge in [0.1, 0.15) is 18.5 Å². The standard InChI is InChI=1S/C34H47FN2O/c1-4-6-7-8-9-10-11-12-13-14-15-28-16-18-29(19-17-28)31-24-36-34(37-25-31)30-20-22-32(23-21-30)38-26-33(35)27(3)5-2/h16-25,27,33H,4-15,26H2,1-3H3. The lowest BCUT2D eigenvalue weighted by Gasteiger charge is -2.15. The lowest BCUT2D eigenvalue weighted by Crippen LogP contribution is -2.20. The highest BCUT2D eigenvalue weighted by Crippen LogP contribution is 2.24. The highest BCUT2D eigenvalue weighted by Gasteiger charge is 2.15. The minimum Gasteiger partial charge on any atom is -0.491 e. The van der Waals surface area contributed by atoms with E-state index in [2.05, 4.69) is 41.2 Å². The number of alkyl halides is 1. The number of hydrogen-bond acceptors (Lipinski definition) is 3. The fourth-order valence-corrected chi connectivity index (χ4v) is 4.60. The molecule has 0 N–H and O–H groups in total. The summed E-state index contributed by atoms with van der Waals surface area (Å²) in [6.07, 6.45) is 18.5. The molecule has 0 fully saturated rings. The molecular weight excluding hydrogens is 471 g/mol. The number of unbranched alkanes of at least 4 members (excludes halogenated alkanes) is 9. The van der Waals surface area contributed by atoms with Crippen LogP contribution >= 0.6 is 0 Å². The molecule has 0 aliphatic heterocycles. The predicted molar refractivity (Wildman–Crippen MR) is 158 cm³/mol. The molecule has 38 heavy (non-hydrogen) atoms. The third-order valence-electron chi connectivity index (χ3n) is 7.54. The minimum atomic E-state index is -0.954. The maximum absolute atomic E-state index is 14.0. The molecule has 0 radical (unpaired) electrons. The SMILES string of the molecule is CCCCCCCCCCCCc1ccc(-c2cnc(-c3ccc(OCC(F)C(C)CC)cc3)nc2)cc1. The monoisotopic (exact) mass is 518 g/mol.